The van der Waals surface area contributed by atoms with Gasteiger partial charge in [-0.05, 0) is 29.6 Å². The first-order valence-electron chi connectivity index (χ1n) is 5.41. The molecule has 0 aliphatic heterocycles. The zero-order valence-electron chi connectivity index (χ0n) is 10.4. The van der Waals surface area contributed by atoms with Crippen molar-refractivity contribution in [2.24, 2.45) is 0 Å². The highest BCUT2D eigenvalue weighted by molar-refractivity contribution is 7.94. The van der Waals surface area contributed by atoms with Gasteiger partial charge in [-0.2, -0.15) is 0 Å². The number of hydrogen-bond donors (Lipinski definition) is 2. The fraction of sp³-hybridized carbons (Fsp3) is 0.0833. The Morgan fingerprint density at radius 1 is 1.35 bits per heavy atom. The van der Waals surface area contributed by atoms with Crippen LogP contribution in [0.25, 0.3) is 0 Å². The highest BCUT2D eigenvalue weighted by Gasteiger charge is 2.19. The number of sulfonamides is 1. The summed E-state index contributed by atoms with van der Waals surface area (Å²) >= 11 is 1.05. The normalized spacial score (nSPS) is 11.1. The maximum absolute atomic E-state index is 12.1. The van der Waals surface area contributed by atoms with Crippen molar-refractivity contribution >= 4 is 33.0 Å². The third-order valence-electron chi connectivity index (χ3n) is 2.46. The molecule has 0 radical (unpaired) electrons. The summed E-state index contributed by atoms with van der Waals surface area (Å²) in [6, 6.07) is 7.14. The average Bonchev–Trinajstić information content (AvgIpc) is 2.93. The first kappa shape index (κ1) is 14.4. The van der Waals surface area contributed by atoms with Gasteiger partial charge < -0.3 is 9.84 Å². The van der Waals surface area contributed by atoms with Gasteiger partial charge in [-0.15, -0.1) is 11.3 Å². The second-order valence-corrected chi connectivity index (χ2v) is 6.61. The molecule has 0 unspecified atom stereocenters. The minimum Gasteiger partial charge on any atom is -0.497 e. The molecule has 0 saturated carbocycles. The third kappa shape index (κ3) is 2.91. The van der Waals surface area contributed by atoms with Gasteiger partial charge in [0.05, 0.1) is 18.4 Å². The third-order valence-corrected chi connectivity index (χ3v) is 5.22. The zero-order valence-corrected chi connectivity index (χ0v) is 12.0. The molecule has 0 fully saturated rings. The van der Waals surface area contributed by atoms with Crippen LogP contribution in [0.15, 0.2) is 39.9 Å². The van der Waals surface area contributed by atoms with Crippen LogP contribution in [0.4, 0.5) is 5.69 Å². The monoisotopic (exact) mass is 313 g/mol. The molecule has 8 heteroatoms. The van der Waals surface area contributed by atoms with Crippen molar-refractivity contribution in [1.82, 2.24) is 0 Å². The van der Waals surface area contributed by atoms with Gasteiger partial charge in [0.25, 0.3) is 10.0 Å². The van der Waals surface area contributed by atoms with Crippen LogP contribution in [0.3, 0.4) is 0 Å². The number of thiophene rings is 1. The van der Waals surface area contributed by atoms with E-state index in [-0.39, 0.29) is 15.5 Å². The van der Waals surface area contributed by atoms with Crippen LogP contribution in [-0.4, -0.2) is 26.6 Å². The number of ether oxygens (including phenoxy) is 1. The Bertz CT molecular complexity index is 722. The molecule has 2 aromatic rings. The van der Waals surface area contributed by atoms with Crippen molar-refractivity contribution < 1.29 is 23.1 Å². The zero-order chi connectivity index (χ0) is 14.8. The Kier molecular flexibility index (Phi) is 3.96. The van der Waals surface area contributed by atoms with Crippen LogP contribution in [-0.2, 0) is 10.0 Å². The average molecular weight is 313 g/mol. The summed E-state index contributed by atoms with van der Waals surface area (Å²) < 4.78 is 31.4. The quantitative estimate of drug-likeness (QED) is 0.883. The molecule has 0 aliphatic rings. The maximum Gasteiger partial charge on any atom is 0.337 e. The van der Waals surface area contributed by atoms with Crippen molar-refractivity contribution in [2.75, 3.05) is 11.8 Å². The predicted molar refractivity (Wildman–Crippen MR) is 75.1 cm³/mol. The number of carboxylic acids is 1. The van der Waals surface area contributed by atoms with E-state index in [1.807, 2.05) is 0 Å². The molecule has 0 spiro atoms. The Morgan fingerprint density at radius 2 is 2.10 bits per heavy atom. The molecule has 2 rings (SSSR count). The molecule has 6 nitrogen and oxygen atoms in total. The fourth-order valence-corrected chi connectivity index (χ4v) is 3.60. The molecule has 0 amide bonds. The molecule has 0 saturated heterocycles. The largest absolute Gasteiger partial charge is 0.497 e. The number of aromatic carboxylic acids is 1. The number of anilines is 1. The number of hydrogen-bond acceptors (Lipinski definition) is 5. The van der Waals surface area contributed by atoms with E-state index in [9.17, 15) is 13.2 Å². The Morgan fingerprint density at radius 3 is 2.65 bits per heavy atom. The van der Waals surface area contributed by atoms with Crippen molar-refractivity contribution in [3.8, 4) is 5.75 Å². The van der Waals surface area contributed by atoms with Gasteiger partial charge in [0.2, 0.25) is 0 Å². The van der Waals surface area contributed by atoms with E-state index in [2.05, 4.69) is 4.72 Å². The second-order valence-electron chi connectivity index (χ2n) is 3.75. The fourth-order valence-electron chi connectivity index (χ4n) is 1.53. The second kappa shape index (κ2) is 5.51. The summed E-state index contributed by atoms with van der Waals surface area (Å²) in [5.41, 5.74) is -0.184. The number of benzene rings is 1. The summed E-state index contributed by atoms with van der Waals surface area (Å²) in [5.74, 6) is -0.908. The van der Waals surface area contributed by atoms with Gasteiger partial charge >= 0.3 is 5.97 Å². The molecule has 0 atom stereocenters. The van der Waals surface area contributed by atoms with E-state index in [4.69, 9.17) is 9.84 Å². The van der Waals surface area contributed by atoms with E-state index in [1.54, 1.807) is 11.4 Å². The Hall–Kier alpha value is -2.06. The van der Waals surface area contributed by atoms with E-state index < -0.39 is 16.0 Å². The summed E-state index contributed by atoms with van der Waals surface area (Å²) in [6.45, 7) is 0. The smallest absolute Gasteiger partial charge is 0.337 e. The Labute approximate surface area is 119 Å². The van der Waals surface area contributed by atoms with E-state index >= 15 is 0 Å². The van der Waals surface area contributed by atoms with E-state index in [1.165, 1.54) is 31.4 Å². The van der Waals surface area contributed by atoms with Crippen LogP contribution in [0.2, 0.25) is 0 Å². The van der Waals surface area contributed by atoms with Crippen LogP contribution in [0, 0.1) is 0 Å². The summed E-state index contributed by atoms with van der Waals surface area (Å²) in [5, 5.41) is 10.8. The van der Waals surface area contributed by atoms with Gasteiger partial charge in [-0.1, -0.05) is 6.07 Å². The standard InChI is InChI=1S/C12H11NO5S2/c1-18-8-4-5-10(9(7-8)12(14)15)13-20(16,17)11-3-2-6-19-11/h2-7,13H,1H3,(H,14,15). The highest BCUT2D eigenvalue weighted by atomic mass is 32.2. The van der Waals surface area contributed by atoms with Crippen LogP contribution >= 0.6 is 11.3 Å². The van der Waals surface area contributed by atoms with Crippen molar-refractivity contribution in [1.29, 1.82) is 0 Å². The molecule has 0 bridgehead atoms. The van der Waals surface area contributed by atoms with Crippen LogP contribution < -0.4 is 9.46 Å². The first-order chi connectivity index (χ1) is 9.44. The number of methoxy groups -OCH3 is 1. The van der Waals surface area contributed by atoms with E-state index in [0.717, 1.165) is 11.3 Å². The van der Waals surface area contributed by atoms with Crippen LogP contribution in [0.5, 0.6) is 5.75 Å². The van der Waals surface area contributed by atoms with Crippen molar-refractivity contribution in [2.45, 2.75) is 4.21 Å². The molecule has 2 N–H and O–H groups in total. The van der Waals surface area contributed by atoms with Crippen LogP contribution in [0.1, 0.15) is 10.4 Å². The topological polar surface area (TPSA) is 92.7 Å². The SMILES string of the molecule is COc1ccc(NS(=O)(=O)c2cccs2)c(C(=O)O)c1. The molecule has 0 aliphatic carbocycles. The summed E-state index contributed by atoms with van der Waals surface area (Å²) in [4.78, 5) is 11.2. The molecule has 106 valence electrons. The van der Waals surface area contributed by atoms with Gasteiger partial charge in [-0.25, -0.2) is 13.2 Å². The van der Waals surface area contributed by atoms with Gasteiger partial charge in [0.15, 0.2) is 0 Å². The van der Waals surface area contributed by atoms with Gasteiger partial charge in [0, 0.05) is 0 Å². The Balaban J connectivity index is 2.41. The lowest BCUT2D eigenvalue weighted by molar-refractivity contribution is 0.0697. The minimum atomic E-state index is -3.78. The lowest BCUT2D eigenvalue weighted by atomic mass is 10.2. The lowest BCUT2D eigenvalue weighted by Crippen LogP contribution is -2.14. The number of nitrogens with one attached hydrogen (secondary N) is 1. The van der Waals surface area contributed by atoms with E-state index in [0.29, 0.717) is 5.75 Å². The van der Waals surface area contributed by atoms with Gasteiger partial charge in [-0.3, -0.25) is 4.72 Å². The molecular weight excluding hydrogens is 302 g/mol. The molecule has 1 heterocycles. The first-order valence-corrected chi connectivity index (χ1v) is 7.78. The van der Waals surface area contributed by atoms with Crippen molar-refractivity contribution in [3.63, 3.8) is 0 Å². The minimum absolute atomic E-state index is 0.00769. The lowest BCUT2D eigenvalue weighted by Gasteiger charge is -2.10. The molecule has 1 aromatic heterocycles. The number of carboxylic acid groups (broad SMARTS) is 1. The predicted octanol–water partition coefficient (Wildman–Crippen LogP) is 2.26. The van der Waals surface area contributed by atoms with Crippen molar-refractivity contribution in [3.05, 3.63) is 41.3 Å². The molecule has 20 heavy (non-hydrogen) atoms. The summed E-state index contributed by atoms with van der Waals surface area (Å²) in [6.07, 6.45) is 0. The number of carbonyl (C=O) groups is 1. The number of rotatable bonds is 5. The summed E-state index contributed by atoms with van der Waals surface area (Å²) in [7, 11) is -2.38. The highest BCUT2D eigenvalue weighted by Crippen LogP contribution is 2.26. The molecular formula is C12H11NO5S2. The molecule has 1 aromatic carbocycles. The maximum atomic E-state index is 12.1. The van der Waals surface area contributed by atoms with Gasteiger partial charge in [0.1, 0.15) is 9.96 Å².